The maximum Gasteiger partial charge on any atom is 0.326 e. The molecule has 0 saturated heterocycles. The normalized spacial score (nSPS) is 25.8. The van der Waals surface area contributed by atoms with E-state index in [0.29, 0.717) is 24.7 Å². The van der Waals surface area contributed by atoms with Crippen LogP contribution in [0.5, 0.6) is 0 Å². The highest BCUT2D eigenvalue weighted by molar-refractivity contribution is 5.83. The van der Waals surface area contributed by atoms with E-state index in [1.54, 1.807) is 0 Å². The van der Waals surface area contributed by atoms with E-state index in [0.717, 1.165) is 25.0 Å². The average molecular weight is 591 g/mol. The summed E-state index contributed by atoms with van der Waals surface area (Å²) >= 11 is 0. The van der Waals surface area contributed by atoms with Gasteiger partial charge in [-0.05, 0) is 68.3 Å². The Morgan fingerprint density at radius 1 is 1.21 bits per heavy atom. The molecule has 8 N–H and O–H groups in total. The number of aliphatic imine (C=N–C) groups is 1. The van der Waals surface area contributed by atoms with E-state index in [-0.39, 0.29) is 55.1 Å². The van der Waals surface area contributed by atoms with Crippen molar-refractivity contribution in [1.29, 1.82) is 0 Å². The van der Waals surface area contributed by atoms with Crippen molar-refractivity contribution in [2.24, 2.45) is 45.5 Å². The lowest BCUT2D eigenvalue weighted by Gasteiger charge is -2.45. The Hall–Kier alpha value is -2.85. The number of allylic oxidation sites excluding steroid dienone is 4. The molecule has 0 aromatic heterocycles. The minimum absolute atomic E-state index is 0.00352. The summed E-state index contributed by atoms with van der Waals surface area (Å²) in [5, 5.41) is 33.2. The summed E-state index contributed by atoms with van der Waals surface area (Å²) in [5.74, 6) is 0.0941. The quantitative estimate of drug-likeness (QED) is 0.0643. The first kappa shape index (κ1) is 35.3. The summed E-state index contributed by atoms with van der Waals surface area (Å²) in [6, 6.07) is -1.11. The third-order valence-corrected chi connectivity index (χ3v) is 8.90. The molecule has 0 fully saturated rings. The molecule has 8 atom stereocenters. The molecule has 0 aromatic rings. The summed E-state index contributed by atoms with van der Waals surface area (Å²) in [5.41, 5.74) is 11.7. The van der Waals surface area contributed by atoms with Crippen LogP contribution in [0.3, 0.4) is 0 Å². The molecule has 0 spiro atoms. The van der Waals surface area contributed by atoms with Gasteiger partial charge in [-0.3, -0.25) is 9.79 Å². The van der Waals surface area contributed by atoms with E-state index < -0.39 is 30.1 Å². The predicted molar refractivity (Wildman–Crippen MR) is 165 cm³/mol. The Morgan fingerprint density at radius 2 is 1.90 bits per heavy atom. The van der Waals surface area contributed by atoms with Crippen LogP contribution in [0.25, 0.3) is 0 Å². The summed E-state index contributed by atoms with van der Waals surface area (Å²) in [6.07, 6.45) is 8.19. The number of rotatable bonds is 17. The third-order valence-electron chi connectivity index (χ3n) is 8.90. The molecule has 0 aliphatic heterocycles. The van der Waals surface area contributed by atoms with Crippen LogP contribution in [-0.4, -0.2) is 64.1 Å². The number of carboxylic acid groups (broad SMARTS) is 1. The zero-order valence-electron chi connectivity index (χ0n) is 26.1. The number of carbonyl (C=O) groups is 2. The molecule has 0 aromatic carbocycles. The van der Waals surface area contributed by atoms with Gasteiger partial charge in [-0.1, -0.05) is 59.4 Å². The van der Waals surface area contributed by atoms with Crippen molar-refractivity contribution in [3.63, 3.8) is 0 Å². The number of carboxylic acids is 1. The number of guanidine groups is 1. The molecule has 0 bridgehead atoms. The highest BCUT2D eigenvalue weighted by Gasteiger charge is 2.41. The number of aliphatic carboxylic acids is 1. The van der Waals surface area contributed by atoms with Crippen LogP contribution in [-0.2, 0) is 14.3 Å². The number of ether oxygens (including phenoxy) is 1. The molecule has 2 aliphatic carbocycles. The second-order valence-corrected chi connectivity index (χ2v) is 12.8. The molecule has 10 heteroatoms. The molecule has 1 amide bonds. The summed E-state index contributed by atoms with van der Waals surface area (Å²) < 4.78 is 6.59. The van der Waals surface area contributed by atoms with Gasteiger partial charge in [-0.15, -0.1) is 0 Å². The van der Waals surface area contributed by atoms with Crippen LogP contribution >= 0.6 is 0 Å². The lowest BCUT2D eigenvalue weighted by Crippen LogP contribution is -2.42. The van der Waals surface area contributed by atoms with Gasteiger partial charge < -0.3 is 36.8 Å². The van der Waals surface area contributed by atoms with Gasteiger partial charge in [-0.25, -0.2) is 4.79 Å². The number of fused-ring (bicyclic) bond motifs is 1. The minimum Gasteiger partial charge on any atom is -0.494 e. The first-order valence-corrected chi connectivity index (χ1v) is 15.3. The van der Waals surface area contributed by atoms with Crippen LogP contribution in [0.15, 0.2) is 41.1 Å². The molecule has 238 valence electrons. The Balaban J connectivity index is 1.95. The first-order chi connectivity index (χ1) is 19.6. The molecular formula is C32H54N4O6. The van der Waals surface area contributed by atoms with Gasteiger partial charge in [-0.2, -0.15) is 0 Å². The molecule has 10 nitrogen and oxygen atoms in total. The molecule has 2 rings (SSSR count). The number of amides is 1. The first-order valence-electron chi connectivity index (χ1n) is 15.3. The van der Waals surface area contributed by atoms with Crippen molar-refractivity contribution in [2.45, 2.75) is 110 Å². The molecule has 0 saturated carbocycles. The molecule has 2 unspecified atom stereocenters. The maximum atomic E-state index is 12.4. The van der Waals surface area contributed by atoms with Crippen LogP contribution in [0, 0.1) is 29.1 Å². The standard InChI is InChI=1S/C32H54N4O6/c1-7-32(5,6)21(4)42-27-16-19(2)15-22-11-10-20(3)25(29(22)27)13-12-23(37)17-24(38)18-28(39)36-26(30(40)41)9-8-14-35-31(33)34/h10-11,15,19-20,23-27,29,37-38H,4,7-9,12-14,16-18H2,1-3,5-6H3,(H,36,39)(H,40,41)(H4,33,34,35)/t19-,20-,23+,24+,25-,26?,27-,29?/m0/s1. The van der Waals surface area contributed by atoms with Gasteiger partial charge in [0.25, 0.3) is 0 Å². The number of nitrogens with zero attached hydrogens (tertiary/aromatic N) is 1. The highest BCUT2D eigenvalue weighted by Crippen LogP contribution is 2.46. The zero-order valence-corrected chi connectivity index (χ0v) is 26.1. The van der Waals surface area contributed by atoms with Gasteiger partial charge in [0.1, 0.15) is 12.1 Å². The monoisotopic (exact) mass is 590 g/mol. The van der Waals surface area contributed by atoms with Crippen LogP contribution in [0.4, 0.5) is 0 Å². The van der Waals surface area contributed by atoms with Crippen molar-refractivity contribution in [3.05, 3.63) is 36.1 Å². The Labute approximate surface area is 251 Å². The van der Waals surface area contributed by atoms with E-state index >= 15 is 0 Å². The molecular weight excluding hydrogens is 536 g/mol. The number of hydrogen-bond donors (Lipinski definition) is 6. The van der Waals surface area contributed by atoms with Crippen molar-refractivity contribution in [2.75, 3.05) is 6.54 Å². The molecule has 42 heavy (non-hydrogen) atoms. The van der Waals surface area contributed by atoms with Gasteiger partial charge in [0.2, 0.25) is 5.91 Å². The fourth-order valence-corrected chi connectivity index (χ4v) is 5.89. The smallest absolute Gasteiger partial charge is 0.326 e. The lowest BCUT2D eigenvalue weighted by atomic mass is 9.65. The largest absolute Gasteiger partial charge is 0.494 e. The van der Waals surface area contributed by atoms with Crippen LogP contribution in [0.2, 0.25) is 0 Å². The van der Waals surface area contributed by atoms with Gasteiger partial charge in [0, 0.05) is 17.9 Å². The molecule has 2 aliphatic rings. The van der Waals surface area contributed by atoms with E-state index in [1.165, 1.54) is 5.57 Å². The highest BCUT2D eigenvalue weighted by atomic mass is 16.5. The van der Waals surface area contributed by atoms with E-state index in [2.05, 4.69) is 69.7 Å². The second-order valence-electron chi connectivity index (χ2n) is 12.8. The van der Waals surface area contributed by atoms with Crippen LogP contribution in [0.1, 0.15) is 86.0 Å². The fraction of sp³-hybridized carbons (Fsp3) is 0.719. The number of hydrogen-bond acceptors (Lipinski definition) is 6. The van der Waals surface area contributed by atoms with E-state index in [1.807, 2.05) is 0 Å². The van der Waals surface area contributed by atoms with Crippen molar-refractivity contribution >= 4 is 17.8 Å². The fourth-order valence-electron chi connectivity index (χ4n) is 5.89. The average Bonchev–Trinajstić information content (AvgIpc) is 2.89. The predicted octanol–water partition coefficient (Wildman–Crippen LogP) is 3.63. The van der Waals surface area contributed by atoms with Gasteiger partial charge in [0.15, 0.2) is 5.96 Å². The van der Waals surface area contributed by atoms with Gasteiger partial charge >= 0.3 is 5.97 Å². The van der Waals surface area contributed by atoms with Crippen LogP contribution < -0.4 is 16.8 Å². The lowest BCUT2D eigenvalue weighted by molar-refractivity contribution is -0.142. The third kappa shape index (κ3) is 10.8. The second kappa shape index (κ2) is 16.1. The van der Waals surface area contributed by atoms with E-state index in [9.17, 15) is 24.9 Å². The Kier molecular flexibility index (Phi) is 13.6. The minimum atomic E-state index is -1.17. The number of nitrogens with one attached hydrogen (secondary N) is 1. The van der Waals surface area contributed by atoms with Crippen molar-refractivity contribution < 1.29 is 29.6 Å². The van der Waals surface area contributed by atoms with Crippen molar-refractivity contribution in [3.8, 4) is 0 Å². The molecule has 0 radical (unpaired) electrons. The number of nitrogens with two attached hydrogens (primary N) is 2. The summed E-state index contributed by atoms with van der Waals surface area (Å²) in [4.78, 5) is 27.8. The SMILES string of the molecule is C=C(O[C@H]1C[C@@H](C)C=C2C=C[C@H](C)[C@H](CC[C@@H](O)C[C@@H](O)CC(=O)NC(CCCN=C(N)N)C(=O)O)C21)C(C)(C)CC. The van der Waals surface area contributed by atoms with Crippen molar-refractivity contribution in [1.82, 2.24) is 5.32 Å². The summed E-state index contributed by atoms with van der Waals surface area (Å²) in [7, 11) is 0. The Bertz CT molecular complexity index is 1020. The van der Waals surface area contributed by atoms with Gasteiger partial charge in [0.05, 0.1) is 24.4 Å². The molecule has 0 heterocycles. The number of aliphatic hydroxyl groups is 2. The Morgan fingerprint density at radius 3 is 2.52 bits per heavy atom. The topological polar surface area (TPSA) is 180 Å². The number of aliphatic hydroxyl groups excluding tert-OH is 2. The summed E-state index contributed by atoms with van der Waals surface area (Å²) in [6.45, 7) is 15.4. The zero-order chi connectivity index (χ0) is 31.6. The number of carbonyl (C=O) groups excluding carboxylic acids is 1. The van der Waals surface area contributed by atoms with E-state index in [4.69, 9.17) is 16.2 Å². The maximum absolute atomic E-state index is 12.4.